The van der Waals surface area contributed by atoms with Gasteiger partial charge in [-0.05, 0) is 54.2 Å². The molecule has 20 heavy (non-hydrogen) atoms. The molecule has 0 atom stereocenters. The summed E-state index contributed by atoms with van der Waals surface area (Å²) in [7, 11) is 0. The predicted molar refractivity (Wildman–Crippen MR) is 83.6 cm³/mol. The highest BCUT2D eigenvalue weighted by molar-refractivity contribution is 5.96. The summed E-state index contributed by atoms with van der Waals surface area (Å²) in [5, 5.41) is 0. The molecule has 0 unspecified atom stereocenters. The number of aromatic nitrogens is 1. The van der Waals surface area contributed by atoms with Crippen molar-refractivity contribution < 1.29 is 0 Å². The van der Waals surface area contributed by atoms with Gasteiger partial charge in [0.2, 0.25) is 0 Å². The number of nitrogens with zero attached hydrogens (tertiary/aromatic N) is 1. The fourth-order valence-corrected chi connectivity index (χ4v) is 3.87. The molecule has 0 saturated heterocycles. The summed E-state index contributed by atoms with van der Waals surface area (Å²) in [5.74, 6) is 0. The van der Waals surface area contributed by atoms with Crippen molar-refractivity contribution in [1.29, 1.82) is 0 Å². The number of pyridine rings is 1. The highest BCUT2D eigenvalue weighted by atomic mass is 14.9. The molecule has 0 bridgehead atoms. The molecular formula is C19H15N. The number of hydrogen-bond donors (Lipinski definition) is 0. The maximum atomic E-state index is 2.46. The zero-order valence-electron chi connectivity index (χ0n) is 11.3. The molecule has 0 fully saturated rings. The number of aryl methyl sites for hydroxylation is 2. The molecule has 5 rings (SSSR count). The minimum Gasteiger partial charge on any atom is -0.309 e. The quantitative estimate of drug-likeness (QED) is 0.466. The highest BCUT2D eigenvalue weighted by Gasteiger charge is 2.23. The minimum atomic E-state index is 1.21. The average molecular weight is 257 g/mol. The first kappa shape index (κ1) is 10.5. The molecule has 1 aliphatic rings. The predicted octanol–water partition coefficient (Wildman–Crippen LogP) is 4.69. The van der Waals surface area contributed by atoms with Crippen LogP contribution in [0.25, 0.3) is 27.7 Å². The van der Waals surface area contributed by atoms with Gasteiger partial charge in [-0.1, -0.05) is 36.4 Å². The van der Waals surface area contributed by atoms with Crippen LogP contribution in [0.2, 0.25) is 0 Å². The van der Waals surface area contributed by atoms with E-state index in [2.05, 4.69) is 59.0 Å². The number of hydrogen-bond acceptors (Lipinski definition) is 0. The lowest BCUT2D eigenvalue weighted by atomic mass is 9.91. The Balaban J connectivity index is 2.02. The lowest BCUT2D eigenvalue weighted by molar-refractivity contribution is 0.805. The maximum absolute atomic E-state index is 2.46. The molecule has 1 aromatic carbocycles. The van der Waals surface area contributed by atoms with Crippen molar-refractivity contribution in [2.24, 2.45) is 0 Å². The van der Waals surface area contributed by atoms with Crippen molar-refractivity contribution >= 4 is 16.6 Å². The molecule has 1 nitrogen and oxygen atoms in total. The van der Waals surface area contributed by atoms with Crippen molar-refractivity contribution in [1.82, 2.24) is 4.40 Å². The summed E-state index contributed by atoms with van der Waals surface area (Å²) in [6.07, 6.45) is 3.70. The van der Waals surface area contributed by atoms with Crippen LogP contribution >= 0.6 is 0 Å². The zero-order chi connectivity index (χ0) is 13.1. The van der Waals surface area contributed by atoms with Gasteiger partial charge < -0.3 is 4.40 Å². The fourth-order valence-electron chi connectivity index (χ4n) is 3.87. The van der Waals surface area contributed by atoms with Gasteiger partial charge in [-0.25, -0.2) is 0 Å². The second-order valence-corrected chi connectivity index (χ2v) is 5.76. The lowest BCUT2D eigenvalue weighted by Crippen LogP contribution is -2.01. The third-order valence-corrected chi connectivity index (χ3v) is 4.67. The van der Waals surface area contributed by atoms with Crippen LogP contribution in [0.4, 0.5) is 0 Å². The SMILES string of the molecule is c1ccc(-c2c3c4c(ccc5ccc2n54)CCC3)cc1. The van der Waals surface area contributed by atoms with Crippen molar-refractivity contribution in [2.75, 3.05) is 0 Å². The summed E-state index contributed by atoms with van der Waals surface area (Å²) in [4.78, 5) is 0. The molecule has 0 radical (unpaired) electrons. The third kappa shape index (κ3) is 1.18. The highest BCUT2D eigenvalue weighted by Crippen LogP contribution is 2.41. The third-order valence-electron chi connectivity index (χ3n) is 4.67. The van der Waals surface area contributed by atoms with Crippen LogP contribution in [0, 0.1) is 0 Å². The molecule has 1 heteroatoms. The molecule has 0 N–H and O–H groups in total. The van der Waals surface area contributed by atoms with Crippen LogP contribution in [-0.4, -0.2) is 4.40 Å². The van der Waals surface area contributed by atoms with Crippen LogP contribution in [0.15, 0.2) is 54.6 Å². The molecular weight excluding hydrogens is 242 g/mol. The average Bonchev–Trinajstić information content (AvgIpc) is 3.06. The van der Waals surface area contributed by atoms with Gasteiger partial charge in [-0.15, -0.1) is 0 Å². The molecule has 96 valence electrons. The molecule has 0 aliphatic heterocycles. The summed E-state index contributed by atoms with van der Waals surface area (Å²) < 4.78 is 2.46. The van der Waals surface area contributed by atoms with E-state index in [1.165, 1.54) is 52.5 Å². The lowest BCUT2D eigenvalue weighted by Gasteiger charge is -2.14. The van der Waals surface area contributed by atoms with E-state index in [0.717, 1.165) is 0 Å². The van der Waals surface area contributed by atoms with E-state index < -0.39 is 0 Å². The summed E-state index contributed by atoms with van der Waals surface area (Å²) in [6, 6.07) is 20.0. The largest absolute Gasteiger partial charge is 0.309 e. The van der Waals surface area contributed by atoms with E-state index in [0.29, 0.717) is 0 Å². The molecule has 4 aromatic rings. The van der Waals surface area contributed by atoms with Crippen LogP contribution in [0.1, 0.15) is 17.5 Å². The van der Waals surface area contributed by atoms with E-state index in [1.54, 1.807) is 5.56 Å². The van der Waals surface area contributed by atoms with Crippen molar-refractivity contribution in [3.05, 3.63) is 65.7 Å². The number of rotatable bonds is 1. The molecule has 3 heterocycles. The number of benzene rings is 1. The van der Waals surface area contributed by atoms with E-state index >= 15 is 0 Å². The van der Waals surface area contributed by atoms with Gasteiger partial charge in [0.1, 0.15) is 0 Å². The Hall–Kier alpha value is -2.28. The minimum absolute atomic E-state index is 1.21. The van der Waals surface area contributed by atoms with E-state index in [4.69, 9.17) is 0 Å². The standard InChI is InChI=1S/C19H15N/c1-2-5-13(6-3-1)18-16-8-4-7-14-9-10-15-11-12-17(18)20(15)19(14)16/h1-3,5-6,9-12H,4,7-8H2. The second-order valence-electron chi connectivity index (χ2n) is 5.76. The zero-order valence-corrected chi connectivity index (χ0v) is 11.3. The van der Waals surface area contributed by atoms with Crippen LogP contribution in [0.5, 0.6) is 0 Å². The van der Waals surface area contributed by atoms with E-state index in [9.17, 15) is 0 Å². The van der Waals surface area contributed by atoms with E-state index in [1.807, 2.05) is 0 Å². The van der Waals surface area contributed by atoms with Gasteiger partial charge in [-0.3, -0.25) is 0 Å². The maximum Gasteiger partial charge on any atom is 0.0544 e. The Bertz CT molecular complexity index is 915. The van der Waals surface area contributed by atoms with Crippen molar-refractivity contribution in [2.45, 2.75) is 19.3 Å². The Kier molecular flexibility index (Phi) is 1.91. The van der Waals surface area contributed by atoms with Gasteiger partial charge in [0, 0.05) is 11.1 Å². The van der Waals surface area contributed by atoms with Gasteiger partial charge >= 0.3 is 0 Å². The second kappa shape index (κ2) is 3.63. The first-order valence-corrected chi connectivity index (χ1v) is 7.36. The normalized spacial score (nSPS) is 14.4. The Morgan fingerprint density at radius 2 is 1.65 bits per heavy atom. The Morgan fingerprint density at radius 3 is 2.55 bits per heavy atom. The topological polar surface area (TPSA) is 4.41 Å². The van der Waals surface area contributed by atoms with Gasteiger partial charge in [0.05, 0.1) is 11.0 Å². The van der Waals surface area contributed by atoms with Crippen LogP contribution in [0.3, 0.4) is 0 Å². The van der Waals surface area contributed by atoms with Crippen LogP contribution in [-0.2, 0) is 12.8 Å². The monoisotopic (exact) mass is 257 g/mol. The molecule has 3 aromatic heterocycles. The molecule has 0 amide bonds. The van der Waals surface area contributed by atoms with Crippen molar-refractivity contribution in [3.8, 4) is 11.1 Å². The fraction of sp³-hybridized carbons (Fsp3) is 0.158. The Labute approximate surface area is 117 Å². The molecule has 0 saturated carbocycles. The molecule has 0 spiro atoms. The summed E-state index contributed by atoms with van der Waals surface area (Å²) >= 11 is 0. The molecule has 1 aliphatic carbocycles. The first-order chi connectivity index (χ1) is 9.93. The Morgan fingerprint density at radius 1 is 0.800 bits per heavy atom. The van der Waals surface area contributed by atoms with Crippen molar-refractivity contribution in [3.63, 3.8) is 0 Å². The summed E-state index contributed by atoms with van der Waals surface area (Å²) in [6.45, 7) is 0. The van der Waals surface area contributed by atoms with Gasteiger partial charge in [0.15, 0.2) is 0 Å². The first-order valence-electron chi connectivity index (χ1n) is 7.36. The van der Waals surface area contributed by atoms with E-state index in [-0.39, 0.29) is 0 Å². The van der Waals surface area contributed by atoms with Gasteiger partial charge in [-0.2, -0.15) is 0 Å². The smallest absolute Gasteiger partial charge is 0.0544 e. The van der Waals surface area contributed by atoms with Crippen LogP contribution < -0.4 is 0 Å². The van der Waals surface area contributed by atoms with Gasteiger partial charge in [0.25, 0.3) is 0 Å². The summed E-state index contributed by atoms with van der Waals surface area (Å²) in [5.41, 5.74) is 10.1.